The van der Waals surface area contributed by atoms with E-state index in [0.717, 1.165) is 17.7 Å². The van der Waals surface area contributed by atoms with Crippen LogP contribution in [0.1, 0.15) is 22.9 Å². The van der Waals surface area contributed by atoms with Crippen LogP contribution < -0.4 is 0 Å². The van der Waals surface area contributed by atoms with Crippen LogP contribution in [-0.4, -0.2) is 10.1 Å². The summed E-state index contributed by atoms with van der Waals surface area (Å²) in [5.41, 5.74) is 0.701. The quantitative estimate of drug-likeness (QED) is 0.835. The first-order valence-electron chi connectivity index (χ1n) is 5.24. The van der Waals surface area contributed by atoms with E-state index in [4.69, 9.17) is 0 Å². The molecule has 94 valence electrons. The zero-order chi connectivity index (χ0) is 13.3. The number of aryl methyl sites for hydroxylation is 1. The highest BCUT2D eigenvalue weighted by molar-refractivity contribution is 5.29. The van der Waals surface area contributed by atoms with Gasteiger partial charge in [-0.1, -0.05) is 6.07 Å². The van der Waals surface area contributed by atoms with Gasteiger partial charge < -0.3 is 5.11 Å². The molecule has 0 bridgehead atoms. The van der Waals surface area contributed by atoms with Gasteiger partial charge in [-0.15, -0.1) is 0 Å². The number of aliphatic hydroxyl groups is 1. The second-order valence-electron chi connectivity index (χ2n) is 3.93. The molecule has 0 spiro atoms. The molecule has 2 aromatic rings. The van der Waals surface area contributed by atoms with Gasteiger partial charge in [0.2, 0.25) is 0 Å². The maximum Gasteiger partial charge on any atom is 0.194 e. The van der Waals surface area contributed by atoms with Crippen molar-refractivity contribution in [2.24, 2.45) is 0 Å². The van der Waals surface area contributed by atoms with Crippen LogP contribution in [0.15, 0.2) is 30.5 Å². The maximum absolute atomic E-state index is 13.5. The maximum atomic E-state index is 13.5. The molecule has 0 amide bonds. The van der Waals surface area contributed by atoms with Crippen molar-refractivity contribution in [3.63, 3.8) is 0 Å². The number of pyridine rings is 1. The average molecular weight is 253 g/mol. The Balaban J connectivity index is 2.43. The smallest absolute Gasteiger partial charge is 0.194 e. The van der Waals surface area contributed by atoms with Crippen LogP contribution in [0.2, 0.25) is 0 Å². The van der Waals surface area contributed by atoms with Gasteiger partial charge in [0.25, 0.3) is 0 Å². The highest BCUT2D eigenvalue weighted by Crippen LogP contribution is 2.25. The normalized spacial score (nSPS) is 12.5. The van der Waals surface area contributed by atoms with Gasteiger partial charge in [-0.25, -0.2) is 13.2 Å². The molecule has 0 aliphatic rings. The van der Waals surface area contributed by atoms with E-state index in [0.29, 0.717) is 0 Å². The van der Waals surface area contributed by atoms with Crippen molar-refractivity contribution in [2.45, 2.75) is 13.0 Å². The largest absolute Gasteiger partial charge is 0.382 e. The monoisotopic (exact) mass is 253 g/mol. The Morgan fingerprint density at radius 1 is 1.06 bits per heavy atom. The van der Waals surface area contributed by atoms with Crippen molar-refractivity contribution in [1.82, 2.24) is 4.98 Å². The molecule has 5 heteroatoms. The summed E-state index contributed by atoms with van der Waals surface area (Å²) in [6.45, 7) is 1.81. The Bertz CT molecular complexity index is 569. The van der Waals surface area contributed by atoms with Crippen LogP contribution >= 0.6 is 0 Å². The summed E-state index contributed by atoms with van der Waals surface area (Å²) in [4.78, 5) is 3.91. The van der Waals surface area contributed by atoms with Crippen molar-refractivity contribution in [3.8, 4) is 0 Å². The first kappa shape index (κ1) is 12.6. The lowest BCUT2D eigenvalue weighted by molar-refractivity contribution is 0.208. The summed E-state index contributed by atoms with van der Waals surface area (Å²) in [5.74, 6) is -4.29. The number of aromatic nitrogens is 1. The van der Waals surface area contributed by atoms with E-state index in [-0.39, 0.29) is 11.3 Å². The van der Waals surface area contributed by atoms with E-state index in [1.54, 1.807) is 13.0 Å². The second kappa shape index (κ2) is 4.78. The van der Waals surface area contributed by atoms with Crippen molar-refractivity contribution >= 4 is 0 Å². The Kier molecular flexibility index (Phi) is 3.34. The lowest BCUT2D eigenvalue weighted by Crippen LogP contribution is -2.07. The molecule has 0 fully saturated rings. The van der Waals surface area contributed by atoms with Gasteiger partial charge in [-0.3, -0.25) is 4.98 Å². The molecule has 1 atom stereocenters. The molecular weight excluding hydrogens is 243 g/mol. The van der Waals surface area contributed by atoms with E-state index in [9.17, 15) is 18.3 Å². The van der Waals surface area contributed by atoms with Crippen molar-refractivity contribution in [1.29, 1.82) is 0 Å². The van der Waals surface area contributed by atoms with Gasteiger partial charge >= 0.3 is 0 Å². The molecule has 0 aliphatic carbocycles. The van der Waals surface area contributed by atoms with Crippen molar-refractivity contribution in [2.75, 3.05) is 0 Å². The topological polar surface area (TPSA) is 33.1 Å². The standard InChI is InChI=1S/C13H10F3NO/c1-7-2-5-10(17-6-7)13(18)8-3-4-9(14)12(16)11(8)15/h2-6,13,18H,1H3. The number of hydrogen-bond acceptors (Lipinski definition) is 2. The van der Waals surface area contributed by atoms with Gasteiger partial charge in [0.05, 0.1) is 5.69 Å². The van der Waals surface area contributed by atoms with E-state index in [1.165, 1.54) is 12.3 Å². The van der Waals surface area contributed by atoms with E-state index >= 15 is 0 Å². The van der Waals surface area contributed by atoms with Crippen LogP contribution in [0.4, 0.5) is 13.2 Å². The molecular formula is C13H10F3NO. The fourth-order valence-corrected chi connectivity index (χ4v) is 1.55. The second-order valence-corrected chi connectivity index (χ2v) is 3.93. The summed E-state index contributed by atoms with van der Waals surface area (Å²) in [7, 11) is 0. The molecule has 0 aliphatic heterocycles. The molecule has 1 heterocycles. The van der Waals surface area contributed by atoms with Gasteiger partial charge in [-0.05, 0) is 30.7 Å². The number of rotatable bonds is 2. The minimum atomic E-state index is -1.60. The molecule has 0 saturated heterocycles. The molecule has 1 aromatic carbocycles. The zero-order valence-corrected chi connectivity index (χ0v) is 9.49. The zero-order valence-electron chi connectivity index (χ0n) is 9.49. The highest BCUT2D eigenvalue weighted by Gasteiger charge is 2.21. The van der Waals surface area contributed by atoms with Crippen LogP contribution in [0.3, 0.4) is 0 Å². The SMILES string of the molecule is Cc1ccc(C(O)c2ccc(F)c(F)c2F)nc1. The minimum absolute atomic E-state index is 0.172. The number of hydrogen-bond donors (Lipinski definition) is 1. The molecule has 18 heavy (non-hydrogen) atoms. The molecule has 0 radical (unpaired) electrons. The summed E-state index contributed by atoms with van der Waals surface area (Å²) < 4.78 is 39.3. The fourth-order valence-electron chi connectivity index (χ4n) is 1.55. The molecule has 0 saturated carbocycles. The predicted molar refractivity (Wildman–Crippen MR) is 59.4 cm³/mol. The van der Waals surface area contributed by atoms with Crippen molar-refractivity contribution in [3.05, 3.63) is 64.7 Å². The van der Waals surface area contributed by atoms with Crippen LogP contribution in [0.25, 0.3) is 0 Å². The third-order valence-electron chi connectivity index (χ3n) is 2.57. The van der Waals surface area contributed by atoms with Crippen LogP contribution in [0.5, 0.6) is 0 Å². The lowest BCUT2D eigenvalue weighted by Gasteiger charge is -2.12. The Morgan fingerprint density at radius 3 is 2.39 bits per heavy atom. The van der Waals surface area contributed by atoms with Gasteiger partial charge in [0, 0.05) is 11.8 Å². The summed E-state index contributed by atoms with van der Waals surface area (Å²) in [6.07, 6.45) is 0.0665. The third-order valence-corrected chi connectivity index (χ3v) is 2.57. The minimum Gasteiger partial charge on any atom is -0.382 e. The van der Waals surface area contributed by atoms with Crippen molar-refractivity contribution < 1.29 is 18.3 Å². The van der Waals surface area contributed by atoms with E-state index in [1.807, 2.05) is 0 Å². The Morgan fingerprint density at radius 2 is 1.78 bits per heavy atom. The first-order valence-corrected chi connectivity index (χ1v) is 5.24. The molecule has 1 aromatic heterocycles. The van der Waals surface area contributed by atoms with E-state index < -0.39 is 23.6 Å². The Labute approximate surface area is 102 Å². The lowest BCUT2D eigenvalue weighted by atomic mass is 10.0. The molecule has 2 nitrogen and oxygen atoms in total. The van der Waals surface area contributed by atoms with Gasteiger partial charge in [0.15, 0.2) is 17.5 Å². The number of aliphatic hydroxyl groups excluding tert-OH is 1. The summed E-state index contributed by atoms with van der Waals surface area (Å²) in [6, 6.07) is 4.95. The van der Waals surface area contributed by atoms with Gasteiger partial charge in [0.1, 0.15) is 6.10 Å². The molecule has 2 rings (SSSR count). The summed E-state index contributed by atoms with van der Waals surface area (Å²) >= 11 is 0. The third kappa shape index (κ3) is 2.22. The van der Waals surface area contributed by atoms with Crippen LogP contribution in [0, 0.1) is 24.4 Å². The molecule has 1 unspecified atom stereocenters. The predicted octanol–water partition coefficient (Wildman–Crippen LogP) is 2.89. The fraction of sp³-hybridized carbons (Fsp3) is 0.154. The highest BCUT2D eigenvalue weighted by atomic mass is 19.2. The Hall–Kier alpha value is -1.88. The average Bonchev–Trinajstić information content (AvgIpc) is 2.36. The van der Waals surface area contributed by atoms with E-state index in [2.05, 4.69) is 4.98 Å². The molecule has 1 N–H and O–H groups in total. The number of nitrogens with zero attached hydrogens (tertiary/aromatic N) is 1. The number of benzene rings is 1. The van der Waals surface area contributed by atoms with Gasteiger partial charge in [-0.2, -0.15) is 0 Å². The number of halogens is 3. The first-order chi connectivity index (χ1) is 8.50. The van der Waals surface area contributed by atoms with Crippen LogP contribution in [-0.2, 0) is 0 Å². The summed E-state index contributed by atoms with van der Waals surface area (Å²) in [5, 5.41) is 9.89.